The van der Waals surface area contributed by atoms with Crippen LogP contribution in [0.25, 0.3) is 11.1 Å². The third-order valence-electron chi connectivity index (χ3n) is 5.90. The first-order valence-electron chi connectivity index (χ1n) is 11.0. The number of rotatable bonds is 6. The number of amides is 1. The molecule has 158 valence electrons. The van der Waals surface area contributed by atoms with Gasteiger partial charge in [-0.05, 0) is 46.0 Å². The van der Waals surface area contributed by atoms with E-state index >= 15 is 0 Å². The van der Waals surface area contributed by atoms with Crippen molar-refractivity contribution in [1.29, 1.82) is 0 Å². The van der Waals surface area contributed by atoms with E-state index in [1.807, 2.05) is 65.6 Å². The molecule has 0 atom stereocenters. The van der Waals surface area contributed by atoms with Crippen LogP contribution in [0.15, 0.2) is 103 Å². The van der Waals surface area contributed by atoms with Crippen molar-refractivity contribution in [3.05, 3.63) is 125 Å². The second-order valence-corrected chi connectivity index (χ2v) is 8.09. The van der Waals surface area contributed by atoms with Gasteiger partial charge in [0.25, 0.3) is 5.91 Å². The van der Waals surface area contributed by atoms with E-state index in [9.17, 15) is 4.79 Å². The zero-order valence-corrected chi connectivity index (χ0v) is 17.9. The number of ether oxygens (including phenoxy) is 1. The highest BCUT2D eigenvalue weighted by Gasteiger charge is 2.21. The second kappa shape index (κ2) is 9.11. The number of benzene rings is 4. The molecule has 4 aromatic rings. The molecule has 5 rings (SSSR count). The average molecular weight is 420 g/mol. The monoisotopic (exact) mass is 419 g/mol. The fourth-order valence-electron chi connectivity index (χ4n) is 4.27. The average Bonchev–Trinajstić information content (AvgIpc) is 3.33. The summed E-state index contributed by atoms with van der Waals surface area (Å²) in [6.07, 6.45) is 0.853. The molecule has 4 aromatic carbocycles. The quantitative estimate of drug-likeness (QED) is 0.376. The van der Waals surface area contributed by atoms with Crippen LogP contribution >= 0.6 is 0 Å². The smallest absolute Gasteiger partial charge is 0.254 e. The van der Waals surface area contributed by atoms with Crippen LogP contribution in [0.1, 0.15) is 27.0 Å². The third kappa shape index (κ3) is 4.28. The van der Waals surface area contributed by atoms with Gasteiger partial charge in [0.05, 0.1) is 6.61 Å². The van der Waals surface area contributed by atoms with Crippen molar-refractivity contribution in [2.75, 3.05) is 6.61 Å². The molecule has 0 fully saturated rings. The highest BCUT2D eigenvalue weighted by molar-refractivity contribution is 5.94. The second-order valence-electron chi connectivity index (χ2n) is 8.09. The molecule has 1 aliphatic heterocycles. The summed E-state index contributed by atoms with van der Waals surface area (Å²) in [5.74, 6) is 0.928. The molecular formula is C29H25NO2. The van der Waals surface area contributed by atoms with Crippen molar-refractivity contribution in [3.63, 3.8) is 0 Å². The predicted octanol–water partition coefficient (Wildman–Crippen LogP) is 6.13. The first-order chi connectivity index (χ1) is 15.8. The van der Waals surface area contributed by atoms with Gasteiger partial charge in [0.15, 0.2) is 0 Å². The van der Waals surface area contributed by atoms with Crippen LogP contribution < -0.4 is 4.74 Å². The zero-order valence-electron chi connectivity index (χ0n) is 17.9. The Balaban J connectivity index is 1.49. The van der Waals surface area contributed by atoms with E-state index in [1.165, 1.54) is 0 Å². The highest BCUT2D eigenvalue weighted by Crippen LogP contribution is 2.28. The van der Waals surface area contributed by atoms with Gasteiger partial charge >= 0.3 is 0 Å². The molecule has 1 amide bonds. The van der Waals surface area contributed by atoms with Crippen molar-refractivity contribution in [2.45, 2.75) is 19.5 Å². The van der Waals surface area contributed by atoms with Gasteiger partial charge in [-0.2, -0.15) is 0 Å². The fourth-order valence-corrected chi connectivity index (χ4v) is 4.27. The van der Waals surface area contributed by atoms with E-state index in [1.54, 1.807) is 0 Å². The number of carbonyl (C=O) groups excluding carboxylic acids is 1. The van der Waals surface area contributed by atoms with E-state index in [4.69, 9.17) is 4.74 Å². The largest absolute Gasteiger partial charge is 0.493 e. The van der Waals surface area contributed by atoms with Crippen LogP contribution in [0.3, 0.4) is 0 Å². The molecule has 1 heterocycles. The minimum absolute atomic E-state index is 0.0337. The van der Waals surface area contributed by atoms with Gasteiger partial charge in [0.1, 0.15) is 5.75 Å². The Bertz CT molecular complexity index is 1220. The molecule has 3 nitrogen and oxygen atoms in total. The van der Waals surface area contributed by atoms with Crippen molar-refractivity contribution in [1.82, 2.24) is 4.90 Å². The summed E-state index contributed by atoms with van der Waals surface area (Å²) in [4.78, 5) is 15.6. The summed E-state index contributed by atoms with van der Waals surface area (Å²) in [7, 11) is 0. The summed E-state index contributed by atoms with van der Waals surface area (Å²) in [6, 6.07) is 34.7. The van der Waals surface area contributed by atoms with Crippen LogP contribution in [0, 0.1) is 0 Å². The summed E-state index contributed by atoms with van der Waals surface area (Å²) in [5.41, 5.74) is 6.38. The molecule has 0 bridgehead atoms. The van der Waals surface area contributed by atoms with E-state index in [0.717, 1.165) is 40.0 Å². The SMILES string of the molecule is O=C(c1ccc2c(c1)CCO2)N(Cc1ccccc1)Cc1ccccc1-c1ccccc1. The zero-order chi connectivity index (χ0) is 21.8. The number of nitrogens with zero attached hydrogens (tertiary/aromatic N) is 1. The topological polar surface area (TPSA) is 29.5 Å². The molecule has 32 heavy (non-hydrogen) atoms. The molecular weight excluding hydrogens is 394 g/mol. The summed E-state index contributed by atoms with van der Waals surface area (Å²) >= 11 is 0. The van der Waals surface area contributed by atoms with Gasteiger partial charge in [-0.15, -0.1) is 0 Å². The summed E-state index contributed by atoms with van der Waals surface area (Å²) < 4.78 is 5.62. The molecule has 0 saturated carbocycles. The maximum atomic E-state index is 13.7. The Kier molecular flexibility index (Phi) is 5.71. The first kappa shape index (κ1) is 20.1. The number of hydrogen-bond acceptors (Lipinski definition) is 2. The number of carbonyl (C=O) groups is 1. The molecule has 0 radical (unpaired) electrons. The van der Waals surface area contributed by atoms with Gasteiger partial charge in [0, 0.05) is 25.1 Å². The lowest BCUT2D eigenvalue weighted by Gasteiger charge is -2.25. The standard InChI is InChI=1S/C29H25NO2/c31-29(25-15-16-28-24(19-25)17-18-32-28)30(20-22-9-3-1-4-10-22)21-26-13-7-8-14-27(26)23-11-5-2-6-12-23/h1-16,19H,17-18,20-21H2. The van der Waals surface area contributed by atoms with E-state index < -0.39 is 0 Å². The Morgan fingerprint density at radius 1 is 0.781 bits per heavy atom. The van der Waals surface area contributed by atoms with Crippen molar-refractivity contribution >= 4 is 5.91 Å². The summed E-state index contributed by atoms with van der Waals surface area (Å²) in [5, 5.41) is 0. The molecule has 0 aliphatic carbocycles. The molecule has 0 saturated heterocycles. The minimum Gasteiger partial charge on any atom is -0.493 e. The van der Waals surface area contributed by atoms with Crippen LogP contribution in [0.4, 0.5) is 0 Å². The maximum Gasteiger partial charge on any atom is 0.254 e. The molecule has 0 aromatic heterocycles. The molecule has 0 spiro atoms. The lowest BCUT2D eigenvalue weighted by molar-refractivity contribution is 0.0730. The van der Waals surface area contributed by atoms with E-state index in [2.05, 4.69) is 42.5 Å². The van der Waals surface area contributed by atoms with Gasteiger partial charge in [-0.25, -0.2) is 0 Å². The number of hydrogen-bond donors (Lipinski definition) is 0. The normalized spacial score (nSPS) is 12.1. The molecule has 0 unspecified atom stereocenters. The number of fused-ring (bicyclic) bond motifs is 1. The van der Waals surface area contributed by atoms with E-state index in [-0.39, 0.29) is 5.91 Å². The van der Waals surface area contributed by atoms with Crippen LogP contribution in [0.5, 0.6) is 5.75 Å². The molecule has 3 heteroatoms. The lowest BCUT2D eigenvalue weighted by atomic mass is 9.99. The lowest BCUT2D eigenvalue weighted by Crippen LogP contribution is -2.30. The predicted molar refractivity (Wildman–Crippen MR) is 128 cm³/mol. The maximum absolute atomic E-state index is 13.7. The Morgan fingerprint density at radius 3 is 2.31 bits per heavy atom. The van der Waals surface area contributed by atoms with Crippen LogP contribution in [-0.4, -0.2) is 17.4 Å². The van der Waals surface area contributed by atoms with Gasteiger partial charge in [-0.3, -0.25) is 4.79 Å². The van der Waals surface area contributed by atoms with Gasteiger partial charge in [0.2, 0.25) is 0 Å². The van der Waals surface area contributed by atoms with Crippen LogP contribution in [-0.2, 0) is 19.5 Å². The Labute approximate surface area is 188 Å². The Morgan fingerprint density at radius 2 is 1.50 bits per heavy atom. The minimum atomic E-state index is 0.0337. The van der Waals surface area contributed by atoms with Crippen molar-refractivity contribution in [2.24, 2.45) is 0 Å². The summed E-state index contributed by atoms with van der Waals surface area (Å²) in [6.45, 7) is 1.77. The van der Waals surface area contributed by atoms with Gasteiger partial charge in [-0.1, -0.05) is 84.9 Å². The molecule has 1 aliphatic rings. The van der Waals surface area contributed by atoms with Crippen molar-refractivity contribution in [3.8, 4) is 16.9 Å². The highest BCUT2D eigenvalue weighted by atomic mass is 16.5. The van der Waals surface area contributed by atoms with E-state index in [0.29, 0.717) is 25.3 Å². The molecule has 0 N–H and O–H groups in total. The van der Waals surface area contributed by atoms with Crippen LogP contribution in [0.2, 0.25) is 0 Å². The fraction of sp³-hybridized carbons (Fsp3) is 0.138. The van der Waals surface area contributed by atoms with Crippen molar-refractivity contribution < 1.29 is 9.53 Å². The van der Waals surface area contributed by atoms with Gasteiger partial charge < -0.3 is 9.64 Å². The first-order valence-corrected chi connectivity index (χ1v) is 11.0. The Hall–Kier alpha value is -3.85. The third-order valence-corrected chi connectivity index (χ3v) is 5.90.